The molecule has 0 heterocycles. The first-order chi connectivity index (χ1) is 7.10. The van der Waals surface area contributed by atoms with Crippen molar-refractivity contribution < 1.29 is 9.53 Å². The quantitative estimate of drug-likeness (QED) is 0.290. The van der Waals surface area contributed by atoms with E-state index in [1.54, 1.807) is 6.34 Å². The standard InChI is InChI=1S/C11H20N2O2/c1-4-5-8-15-10(14)11(6-7-11)12-9-13(2)3/h9H,4-8H2,1-3H3. The van der Waals surface area contributed by atoms with Gasteiger partial charge in [0.2, 0.25) is 0 Å². The molecular weight excluding hydrogens is 192 g/mol. The highest BCUT2D eigenvalue weighted by atomic mass is 16.5. The number of hydrogen-bond donors (Lipinski definition) is 0. The molecule has 0 unspecified atom stereocenters. The topological polar surface area (TPSA) is 41.9 Å². The van der Waals surface area contributed by atoms with Crippen molar-refractivity contribution in [1.29, 1.82) is 0 Å². The van der Waals surface area contributed by atoms with Crippen LogP contribution in [0.15, 0.2) is 4.99 Å². The summed E-state index contributed by atoms with van der Waals surface area (Å²) in [7, 11) is 3.78. The second kappa shape index (κ2) is 5.14. The molecule has 1 rings (SSSR count). The third-order valence-electron chi connectivity index (χ3n) is 2.37. The average Bonchev–Trinajstić information content (AvgIpc) is 2.96. The van der Waals surface area contributed by atoms with Gasteiger partial charge in [0, 0.05) is 14.1 Å². The Morgan fingerprint density at radius 1 is 1.53 bits per heavy atom. The molecule has 1 fully saturated rings. The van der Waals surface area contributed by atoms with Crippen LogP contribution in [0.5, 0.6) is 0 Å². The van der Waals surface area contributed by atoms with E-state index in [2.05, 4.69) is 11.9 Å². The number of esters is 1. The lowest BCUT2D eigenvalue weighted by atomic mass is 10.3. The Morgan fingerprint density at radius 3 is 2.67 bits per heavy atom. The Balaban J connectivity index is 2.37. The molecule has 0 saturated heterocycles. The first-order valence-corrected chi connectivity index (χ1v) is 5.50. The zero-order chi connectivity index (χ0) is 11.3. The lowest BCUT2D eigenvalue weighted by Crippen LogP contribution is -2.25. The summed E-state index contributed by atoms with van der Waals surface area (Å²) in [4.78, 5) is 17.8. The molecule has 0 radical (unpaired) electrons. The fraction of sp³-hybridized carbons (Fsp3) is 0.818. The van der Waals surface area contributed by atoms with Gasteiger partial charge in [-0.15, -0.1) is 0 Å². The highest BCUT2D eigenvalue weighted by Gasteiger charge is 2.51. The van der Waals surface area contributed by atoms with Crippen molar-refractivity contribution in [3.8, 4) is 0 Å². The molecule has 0 aromatic rings. The Bertz CT molecular complexity index is 245. The van der Waals surface area contributed by atoms with Gasteiger partial charge in [0.15, 0.2) is 5.54 Å². The second-order valence-corrected chi connectivity index (χ2v) is 4.23. The minimum Gasteiger partial charge on any atom is -0.464 e. The Labute approximate surface area is 91.3 Å². The summed E-state index contributed by atoms with van der Waals surface area (Å²) in [5, 5.41) is 0. The predicted molar refractivity (Wildman–Crippen MR) is 60.0 cm³/mol. The lowest BCUT2D eigenvalue weighted by Gasteiger charge is -2.11. The zero-order valence-electron chi connectivity index (χ0n) is 9.82. The van der Waals surface area contributed by atoms with Gasteiger partial charge in [0.25, 0.3) is 0 Å². The van der Waals surface area contributed by atoms with Crippen molar-refractivity contribution in [2.75, 3.05) is 20.7 Å². The van der Waals surface area contributed by atoms with Gasteiger partial charge in [0.05, 0.1) is 12.9 Å². The van der Waals surface area contributed by atoms with Crippen LogP contribution in [0.4, 0.5) is 0 Å². The fourth-order valence-electron chi connectivity index (χ4n) is 1.17. The van der Waals surface area contributed by atoms with Crippen LogP contribution >= 0.6 is 0 Å². The first kappa shape index (κ1) is 12.0. The van der Waals surface area contributed by atoms with Crippen LogP contribution in [-0.4, -0.2) is 43.4 Å². The van der Waals surface area contributed by atoms with Gasteiger partial charge in [-0.1, -0.05) is 13.3 Å². The molecule has 15 heavy (non-hydrogen) atoms. The Hall–Kier alpha value is -1.06. The number of rotatable bonds is 6. The van der Waals surface area contributed by atoms with E-state index >= 15 is 0 Å². The maximum absolute atomic E-state index is 11.7. The molecular formula is C11H20N2O2. The lowest BCUT2D eigenvalue weighted by molar-refractivity contribution is -0.146. The van der Waals surface area contributed by atoms with Gasteiger partial charge < -0.3 is 9.64 Å². The molecule has 0 amide bonds. The van der Waals surface area contributed by atoms with Crippen molar-refractivity contribution in [3.05, 3.63) is 0 Å². The summed E-state index contributed by atoms with van der Waals surface area (Å²) < 4.78 is 5.17. The van der Waals surface area contributed by atoms with E-state index < -0.39 is 5.54 Å². The highest BCUT2D eigenvalue weighted by Crippen LogP contribution is 2.40. The molecule has 0 aromatic heterocycles. The summed E-state index contributed by atoms with van der Waals surface area (Å²) in [5.41, 5.74) is -0.544. The van der Waals surface area contributed by atoms with Crippen LogP contribution in [0.3, 0.4) is 0 Å². The monoisotopic (exact) mass is 212 g/mol. The highest BCUT2D eigenvalue weighted by molar-refractivity contribution is 5.86. The minimum atomic E-state index is -0.544. The smallest absolute Gasteiger partial charge is 0.334 e. The summed E-state index contributed by atoms with van der Waals surface area (Å²) >= 11 is 0. The van der Waals surface area contributed by atoms with Crippen molar-refractivity contribution >= 4 is 12.3 Å². The Kier molecular flexibility index (Phi) is 4.12. The molecule has 1 aliphatic rings. The maximum atomic E-state index is 11.7. The normalized spacial score (nSPS) is 17.8. The van der Waals surface area contributed by atoms with Crippen molar-refractivity contribution in [2.24, 2.45) is 4.99 Å². The molecule has 0 atom stereocenters. The number of aliphatic imine (C=N–C) groups is 1. The molecule has 0 bridgehead atoms. The molecule has 86 valence electrons. The number of ether oxygens (including phenoxy) is 1. The van der Waals surface area contributed by atoms with E-state index in [-0.39, 0.29) is 5.97 Å². The van der Waals surface area contributed by atoms with Gasteiger partial charge in [-0.05, 0) is 19.3 Å². The largest absolute Gasteiger partial charge is 0.464 e. The van der Waals surface area contributed by atoms with E-state index in [1.807, 2.05) is 19.0 Å². The number of unbranched alkanes of at least 4 members (excludes halogenated alkanes) is 1. The third kappa shape index (κ3) is 3.53. The van der Waals surface area contributed by atoms with E-state index in [0.29, 0.717) is 6.61 Å². The summed E-state index contributed by atoms with van der Waals surface area (Å²) in [6.45, 7) is 2.60. The van der Waals surface area contributed by atoms with Gasteiger partial charge in [-0.2, -0.15) is 0 Å². The van der Waals surface area contributed by atoms with Crippen LogP contribution in [0.25, 0.3) is 0 Å². The van der Waals surface area contributed by atoms with Crippen molar-refractivity contribution in [2.45, 2.75) is 38.1 Å². The number of nitrogens with zero attached hydrogens (tertiary/aromatic N) is 2. The van der Waals surface area contributed by atoms with Gasteiger partial charge in [-0.3, -0.25) is 4.99 Å². The summed E-state index contributed by atoms with van der Waals surface area (Å²) in [5.74, 6) is -0.158. The number of carbonyl (C=O) groups excluding carboxylic acids is 1. The molecule has 4 nitrogen and oxygen atoms in total. The summed E-state index contributed by atoms with van der Waals surface area (Å²) in [6.07, 6.45) is 5.30. The third-order valence-corrected chi connectivity index (χ3v) is 2.37. The molecule has 0 spiro atoms. The van der Waals surface area contributed by atoms with Crippen LogP contribution < -0.4 is 0 Å². The molecule has 1 aliphatic carbocycles. The second-order valence-electron chi connectivity index (χ2n) is 4.23. The SMILES string of the molecule is CCCCOC(=O)C1(N=CN(C)C)CC1. The minimum absolute atomic E-state index is 0.158. The maximum Gasteiger partial charge on any atom is 0.334 e. The predicted octanol–water partition coefficient (Wildman–Crippen LogP) is 1.45. The van der Waals surface area contributed by atoms with Gasteiger partial charge in [-0.25, -0.2) is 4.79 Å². The van der Waals surface area contributed by atoms with Crippen molar-refractivity contribution in [1.82, 2.24) is 4.90 Å². The van der Waals surface area contributed by atoms with Crippen LogP contribution in [0, 0.1) is 0 Å². The van der Waals surface area contributed by atoms with Gasteiger partial charge >= 0.3 is 5.97 Å². The molecule has 0 N–H and O–H groups in total. The van der Waals surface area contributed by atoms with E-state index in [9.17, 15) is 4.79 Å². The van der Waals surface area contributed by atoms with E-state index in [4.69, 9.17) is 4.74 Å². The molecule has 0 aliphatic heterocycles. The van der Waals surface area contributed by atoms with Gasteiger partial charge in [0.1, 0.15) is 0 Å². The van der Waals surface area contributed by atoms with Crippen LogP contribution in [-0.2, 0) is 9.53 Å². The Morgan fingerprint density at radius 2 is 2.20 bits per heavy atom. The molecule has 1 saturated carbocycles. The number of hydrogen-bond acceptors (Lipinski definition) is 3. The summed E-state index contributed by atoms with van der Waals surface area (Å²) in [6, 6.07) is 0. The van der Waals surface area contributed by atoms with E-state index in [1.165, 1.54) is 0 Å². The first-order valence-electron chi connectivity index (χ1n) is 5.50. The fourth-order valence-corrected chi connectivity index (χ4v) is 1.17. The van der Waals surface area contributed by atoms with E-state index in [0.717, 1.165) is 25.7 Å². The molecule has 0 aromatic carbocycles. The van der Waals surface area contributed by atoms with Crippen LogP contribution in [0.2, 0.25) is 0 Å². The van der Waals surface area contributed by atoms with Crippen molar-refractivity contribution in [3.63, 3.8) is 0 Å². The molecule has 4 heteroatoms. The average molecular weight is 212 g/mol. The van der Waals surface area contributed by atoms with Crippen LogP contribution in [0.1, 0.15) is 32.6 Å². The zero-order valence-corrected chi connectivity index (χ0v) is 9.82. The number of carbonyl (C=O) groups is 1.